The second-order valence-corrected chi connectivity index (χ2v) is 15.9. The molecule has 7 rings (SSSR count). The van der Waals surface area contributed by atoms with Crippen LogP contribution in [0.4, 0.5) is 0 Å². The molecule has 0 nitrogen and oxygen atoms in total. The predicted octanol–water partition coefficient (Wildman–Crippen LogP) is 10.5. The Hall–Kier alpha value is -2.61. The molecular weight excluding hydrogens is 659 g/mol. The normalized spacial score (nSPS) is 11.1. The summed E-state index contributed by atoms with van der Waals surface area (Å²) in [7, 11) is 10.7. The fourth-order valence-electron chi connectivity index (χ4n) is 5.87. The van der Waals surface area contributed by atoms with E-state index in [1.54, 1.807) is 0 Å². The molecule has 1 aliphatic heterocycles. The second-order valence-electron chi connectivity index (χ2n) is 10.9. The molecule has 6 aromatic carbocycles. The van der Waals surface area contributed by atoms with Gasteiger partial charge in [0.2, 0.25) is 0 Å². The third-order valence-electron chi connectivity index (χ3n) is 7.76. The van der Waals surface area contributed by atoms with Crippen LogP contribution in [0.2, 0.25) is 0 Å². The van der Waals surface area contributed by atoms with Gasteiger partial charge in [0.05, 0.1) is 9.52 Å². The van der Waals surface area contributed by atoms with E-state index >= 15 is 0 Å². The van der Waals surface area contributed by atoms with E-state index in [0.717, 1.165) is 15.9 Å². The summed E-state index contributed by atoms with van der Waals surface area (Å²) in [6.45, 7) is 6.85. The quantitative estimate of drug-likeness (QED) is 0.124. The average molecular weight is 693 g/mol. The summed E-state index contributed by atoms with van der Waals surface area (Å²) in [6, 6.07) is 47.2. The van der Waals surface area contributed by atoms with E-state index in [4.69, 9.17) is 17.0 Å². The SMILES string of the molecule is CCCc1cc2c(-c3ccccc3-c3ccccc3)c(C(C)C)ccc2[cH-]1.[Cl][Zr+2][Cl].[c-]1cccc2c1[Si]c1ccccc1-2. The first kappa shape index (κ1) is 31.8. The van der Waals surface area contributed by atoms with Crippen LogP contribution in [0.15, 0.2) is 121 Å². The third-order valence-corrected chi connectivity index (χ3v) is 9.13. The molecule has 1 aliphatic rings. The van der Waals surface area contributed by atoms with E-state index in [1.165, 1.54) is 72.1 Å². The van der Waals surface area contributed by atoms with Crippen molar-refractivity contribution in [3.63, 3.8) is 0 Å². The van der Waals surface area contributed by atoms with E-state index in [-0.39, 0.29) is 0 Å². The van der Waals surface area contributed by atoms with Crippen LogP contribution < -0.4 is 10.4 Å². The molecule has 0 aliphatic carbocycles. The summed E-state index contributed by atoms with van der Waals surface area (Å²) in [4.78, 5) is 0. The van der Waals surface area contributed by atoms with Crippen LogP contribution >= 0.6 is 17.0 Å². The smallest absolute Gasteiger partial charge is 0.0920 e. The van der Waals surface area contributed by atoms with Gasteiger partial charge in [-0.2, -0.15) is 35.5 Å². The van der Waals surface area contributed by atoms with Crippen molar-refractivity contribution in [3.8, 4) is 33.4 Å². The summed E-state index contributed by atoms with van der Waals surface area (Å²) in [6.07, 6.45) is 2.33. The zero-order chi connectivity index (χ0) is 30.2. The Kier molecular flexibility index (Phi) is 11.4. The van der Waals surface area contributed by atoms with Crippen LogP contribution in [0.5, 0.6) is 0 Å². The summed E-state index contributed by atoms with van der Waals surface area (Å²) in [5.41, 5.74) is 11.0. The van der Waals surface area contributed by atoms with Crippen molar-refractivity contribution < 1.29 is 20.8 Å². The summed E-state index contributed by atoms with van der Waals surface area (Å²) in [5.74, 6) is 0.484. The first-order chi connectivity index (χ1) is 21.0. The van der Waals surface area contributed by atoms with Gasteiger partial charge >= 0.3 is 37.9 Å². The van der Waals surface area contributed by atoms with Gasteiger partial charge in [0.25, 0.3) is 0 Å². The van der Waals surface area contributed by atoms with Crippen LogP contribution in [0.1, 0.15) is 44.2 Å². The Morgan fingerprint density at radius 2 is 1.42 bits per heavy atom. The summed E-state index contributed by atoms with van der Waals surface area (Å²) < 4.78 is 0. The topological polar surface area (TPSA) is 0 Å². The van der Waals surface area contributed by atoms with Gasteiger partial charge in [0.15, 0.2) is 0 Å². The molecule has 6 aromatic rings. The van der Waals surface area contributed by atoms with Crippen LogP contribution in [0, 0.1) is 6.07 Å². The number of benzene rings is 5. The van der Waals surface area contributed by atoms with Crippen LogP contribution in [-0.2, 0) is 27.3 Å². The van der Waals surface area contributed by atoms with Crippen molar-refractivity contribution >= 4 is 47.7 Å². The Bertz CT molecular complexity index is 1750. The van der Waals surface area contributed by atoms with Crippen molar-refractivity contribution in [2.45, 2.75) is 39.5 Å². The number of hydrogen-bond donors (Lipinski definition) is 0. The van der Waals surface area contributed by atoms with Crippen LogP contribution in [0.25, 0.3) is 44.2 Å². The van der Waals surface area contributed by atoms with Crippen molar-refractivity contribution in [1.29, 1.82) is 0 Å². The molecular formula is C39H34Cl2SiZr. The molecule has 2 radical (unpaired) electrons. The molecule has 0 unspecified atom stereocenters. The Labute approximate surface area is 278 Å². The minimum atomic E-state index is -0.826. The van der Waals surface area contributed by atoms with Gasteiger partial charge in [-0.1, -0.05) is 128 Å². The van der Waals surface area contributed by atoms with Crippen molar-refractivity contribution in [1.82, 2.24) is 0 Å². The number of aryl methyl sites for hydroxylation is 1. The average Bonchev–Trinajstić information content (AvgIpc) is 3.63. The van der Waals surface area contributed by atoms with Gasteiger partial charge in [0.1, 0.15) is 0 Å². The molecule has 212 valence electrons. The van der Waals surface area contributed by atoms with Gasteiger partial charge in [-0.15, -0.1) is 40.1 Å². The van der Waals surface area contributed by atoms with Gasteiger partial charge in [0, 0.05) is 0 Å². The molecule has 1 heterocycles. The van der Waals surface area contributed by atoms with Gasteiger partial charge in [-0.05, 0) is 29.0 Å². The number of halogens is 2. The van der Waals surface area contributed by atoms with E-state index in [1.807, 2.05) is 6.07 Å². The van der Waals surface area contributed by atoms with E-state index < -0.39 is 20.8 Å². The molecule has 0 amide bonds. The van der Waals surface area contributed by atoms with Crippen molar-refractivity contribution in [2.24, 2.45) is 0 Å². The zero-order valence-electron chi connectivity index (χ0n) is 24.8. The molecule has 0 N–H and O–H groups in total. The molecule has 0 fully saturated rings. The molecule has 0 bridgehead atoms. The number of rotatable bonds is 5. The summed E-state index contributed by atoms with van der Waals surface area (Å²) >= 11 is -0.826. The van der Waals surface area contributed by atoms with Gasteiger partial charge in [-0.3, -0.25) is 0 Å². The second kappa shape index (κ2) is 15.4. The van der Waals surface area contributed by atoms with Crippen LogP contribution in [-0.4, -0.2) is 9.52 Å². The molecule has 4 heteroatoms. The Morgan fingerprint density at radius 3 is 2.14 bits per heavy atom. The largest absolute Gasteiger partial charge is 0.184 e. The first-order valence-electron chi connectivity index (χ1n) is 14.8. The Morgan fingerprint density at radius 1 is 0.767 bits per heavy atom. The Balaban J connectivity index is 0.000000190. The molecule has 0 saturated carbocycles. The molecule has 0 aromatic heterocycles. The van der Waals surface area contributed by atoms with E-state index in [2.05, 4.69) is 142 Å². The maximum atomic E-state index is 4.93. The van der Waals surface area contributed by atoms with Crippen LogP contribution in [0.3, 0.4) is 0 Å². The predicted molar refractivity (Wildman–Crippen MR) is 186 cm³/mol. The maximum Gasteiger partial charge on any atom is 0.0920 e. The van der Waals surface area contributed by atoms with Gasteiger partial charge in [-0.25, -0.2) is 0 Å². The minimum Gasteiger partial charge on any atom is -0.184 e. The minimum absolute atomic E-state index is 0.484. The van der Waals surface area contributed by atoms with Gasteiger partial charge < -0.3 is 0 Å². The van der Waals surface area contributed by atoms with Crippen molar-refractivity contribution in [2.75, 3.05) is 0 Å². The van der Waals surface area contributed by atoms with Crippen molar-refractivity contribution in [3.05, 3.63) is 139 Å². The standard InChI is InChI=1S/C27H27.C12H7Si.2ClH.Zr/c1-4-10-20-17-22-15-16-23(19(2)3)27(26(22)18-20)25-14-9-8-13-24(25)21-11-6-5-7-12-21;1-3-7-11-9(5-1)10-6-2-4-8-12(10)13-11;;;/h5-9,11-19H,4,10H2,1-3H3;1-7H;2*1H;/q2*-1;;;+4/p-2. The van der Waals surface area contributed by atoms with E-state index in [0.29, 0.717) is 5.92 Å². The molecule has 0 atom stereocenters. The number of hydrogen-bond acceptors (Lipinski definition) is 0. The molecule has 0 saturated heterocycles. The fraction of sp³-hybridized carbons (Fsp3) is 0.154. The third kappa shape index (κ3) is 7.38. The zero-order valence-corrected chi connectivity index (χ0v) is 29.8. The molecule has 43 heavy (non-hydrogen) atoms. The van der Waals surface area contributed by atoms with E-state index in [9.17, 15) is 0 Å². The monoisotopic (exact) mass is 690 g/mol. The fourth-order valence-corrected chi connectivity index (χ4v) is 7.18. The maximum absolute atomic E-state index is 4.93. The number of fused-ring (bicyclic) bond motifs is 4. The molecule has 0 spiro atoms. The summed E-state index contributed by atoms with van der Waals surface area (Å²) in [5, 5.41) is 5.58. The first-order valence-corrected chi connectivity index (χ1v) is 22.1.